The van der Waals surface area contributed by atoms with Gasteiger partial charge in [0, 0.05) is 38.1 Å². The van der Waals surface area contributed by atoms with E-state index in [9.17, 15) is 9.18 Å². The Hall–Kier alpha value is -2.54. The van der Waals surface area contributed by atoms with E-state index in [0.29, 0.717) is 18.4 Å². The number of amides is 1. The molecule has 0 bridgehead atoms. The molecule has 4 rings (SSSR count). The molecule has 1 aliphatic heterocycles. The zero-order valence-electron chi connectivity index (χ0n) is 16.2. The highest BCUT2D eigenvalue weighted by atomic mass is 35.5. The van der Waals surface area contributed by atoms with Crippen molar-refractivity contribution in [2.24, 2.45) is 17.3 Å². The van der Waals surface area contributed by atoms with Gasteiger partial charge in [0.15, 0.2) is 11.6 Å². The average molecular weight is 416 g/mol. The normalized spacial score (nSPS) is 25.3. The van der Waals surface area contributed by atoms with Crippen molar-refractivity contribution in [3.05, 3.63) is 53.5 Å². The summed E-state index contributed by atoms with van der Waals surface area (Å²) >= 11 is 5.82. The Morgan fingerprint density at radius 2 is 2.21 bits per heavy atom. The fraction of sp³-hybridized carbons (Fsp3) is 0.429. The molecular weight excluding hydrogens is 393 g/mol. The summed E-state index contributed by atoms with van der Waals surface area (Å²) in [5, 5.41) is 3.04. The number of rotatable bonds is 7. The molecule has 3 heterocycles. The quantitative estimate of drug-likeness (QED) is 0.554. The maximum absolute atomic E-state index is 14.0. The van der Waals surface area contributed by atoms with Crippen LogP contribution in [-0.4, -0.2) is 40.5 Å². The monoisotopic (exact) mass is 415 g/mol. The second-order valence-electron chi connectivity index (χ2n) is 7.68. The number of nitrogens with zero attached hydrogens (tertiary/aromatic N) is 4. The molecule has 6 nitrogen and oxygen atoms in total. The molecule has 2 fully saturated rings. The van der Waals surface area contributed by atoms with Crippen molar-refractivity contribution in [2.75, 3.05) is 24.5 Å². The minimum Gasteiger partial charge on any atom is -0.353 e. The second kappa shape index (κ2) is 8.06. The van der Waals surface area contributed by atoms with E-state index in [0.717, 1.165) is 37.7 Å². The predicted molar refractivity (Wildman–Crippen MR) is 110 cm³/mol. The Morgan fingerprint density at radius 1 is 1.41 bits per heavy atom. The van der Waals surface area contributed by atoms with Crippen LogP contribution in [0.25, 0.3) is 6.08 Å². The van der Waals surface area contributed by atoms with Crippen molar-refractivity contribution in [1.82, 2.24) is 20.3 Å². The summed E-state index contributed by atoms with van der Waals surface area (Å²) < 4.78 is 14.0. The van der Waals surface area contributed by atoms with Crippen LogP contribution in [0.1, 0.15) is 25.3 Å². The van der Waals surface area contributed by atoms with E-state index in [1.165, 1.54) is 6.08 Å². The van der Waals surface area contributed by atoms with Crippen molar-refractivity contribution >= 4 is 29.4 Å². The summed E-state index contributed by atoms with van der Waals surface area (Å²) in [7, 11) is 0. The van der Waals surface area contributed by atoms with Crippen LogP contribution in [0.2, 0.25) is 5.28 Å². The number of carbonyl (C=O) groups is 1. The fourth-order valence-electron chi connectivity index (χ4n) is 4.77. The third-order valence-electron chi connectivity index (χ3n) is 6.34. The van der Waals surface area contributed by atoms with Crippen molar-refractivity contribution in [3.8, 4) is 0 Å². The highest BCUT2D eigenvalue weighted by molar-refractivity contribution is 6.28. The molecule has 1 saturated carbocycles. The molecule has 8 heteroatoms. The maximum Gasteiger partial charge on any atom is 0.244 e. The molecule has 2 aromatic rings. The number of anilines is 1. The highest BCUT2D eigenvalue weighted by Crippen LogP contribution is 2.66. The molecule has 0 aromatic carbocycles. The Labute approximate surface area is 174 Å². The number of nitrogens with one attached hydrogen (secondary N) is 1. The van der Waals surface area contributed by atoms with Gasteiger partial charge in [0.25, 0.3) is 0 Å². The van der Waals surface area contributed by atoms with E-state index in [2.05, 4.69) is 27.2 Å². The van der Waals surface area contributed by atoms with Crippen LogP contribution in [-0.2, 0) is 4.79 Å². The van der Waals surface area contributed by atoms with E-state index in [-0.39, 0.29) is 22.4 Å². The smallest absolute Gasteiger partial charge is 0.244 e. The Bertz CT molecular complexity index is 911. The molecule has 0 radical (unpaired) electrons. The highest BCUT2D eigenvalue weighted by Gasteiger charge is 2.66. The van der Waals surface area contributed by atoms with Gasteiger partial charge in [-0.05, 0) is 59.4 Å². The topological polar surface area (TPSA) is 71.0 Å². The molecule has 1 amide bonds. The summed E-state index contributed by atoms with van der Waals surface area (Å²) in [5.41, 5.74) is 1.10. The van der Waals surface area contributed by atoms with Crippen LogP contribution >= 0.6 is 11.6 Å². The standard InChI is InChI=1S/C21H23ClFN5O/c1-2-21(7-9-25-18(29)6-5-14-4-3-8-24-10-14)15-12-28(13-16(15)21)19-17(23)11-26-20(22)27-19/h3-6,8,10-11,15-16H,2,7,9,12-13H2,1H3,(H,25,29)/b6-5+/t15-,16?,21?/m1/s1. The maximum atomic E-state index is 14.0. The number of carbonyl (C=O) groups excluding carboxylic acids is 1. The van der Waals surface area contributed by atoms with Gasteiger partial charge in [-0.2, -0.15) is 4.98 Å². The average Bonchev–Trinajstić information content (AvgIpc) is 3.08. The Morgan fingerprint density at radius 3 is 2.90 bits per heavy atom. The lowest BCUT2D eigenvalue weighted by atomic mass is 9.92. The van der Waals surface area contributed by atoms with Gasteiger partial charge in [0.05, 0.1) is 6.20 Å². The van der Waals surface area contributed by atoms with E-state index < -0.39 is 5.82 Å². The SMILES string of the molecule is CCC1(CCNC(=O)/C=C/c2cccnc2)C2CN(c3nc(Cl)ncc3F)C[C@H]21. The first-order valence-electron chi connectivity index (χ1n) is 9.82. The molecule has 152 valence electrons. The van der Waals surface area contributed by atoms with E-state index >= 15 is 0 Å². The van der Waals surface area contributed by atoms with Crippen LogP contribution < -0.4 is 10.2 Å². The van der Waals surface area contributed by atoms with Crippen molar-refractivity contribution in [2.45, 2.75) is 19.8 Å². The lowest BCUT2D eigenvalue weighted by Gasteiger charge is -2.27. The van der Waals surface area contributed by atoms with Gasteiger partial charge in [-0.15, -0.1) is 0 Å². The zero-order chi connectivity index (χ0) is 20.4. The van der Waals surface area contributed by atoms with E-state index in [4.69, 9.17) is 11.6 Å². The summed E-state index contributed by atoms with van der Waals surface area (Å²) in [4.78, 5) is 25.8. The Kier molecular flexibility index (Phi) is 5.50. The molecule has 1 aliphatic carbocycles. The number of fused-ring (bicyclic) bond motifs is 1. The first-order valence-corrected chi connectivity index (χ1v) is 10.2. The molecule has 2 unspecified atom stereocenters. The van der Waals surface area contributed by atoms with Crippen LogP contribution in [0.3, 0.4) is 0 Å². The second-order valence-corrected chi connectivity index (χ2v) is 8.01. The van der Waals surface area contributed by atoms with E-state index in [1.54, 1.807) is 18.5 Å². The van der Waals surface area contributed by atoms with Gasteiger partial charge in [0.1, 0.15) is 0 Å². The van der Waals surface area contributed by atoms with Gasteiger partial charge in [-0.3, -0.25) is 9.78 Å². The summed E-state index contributed by atoms with van der Waals surface area (Å²) in [6.45, 7) is 4.34. The lowest BCUT2D eigenvalue weighted by molar-refractivity contribution is -0.116. The third-order valence-corrected chi connectivity index (χ3v) is 6.53. The minimum absolute atomic E-state index is 0.0609. The van der Waals surface area contributed by atoms with Gasteiger partial charge in [-0.25, -0.2) is 9.37 Å². The third kappa shape index (κ3) is 3.96. The number of pyridine rings is 1. The molecular formula is C21H23ClFN5O. The summed E-state index contributed by atoms with van der Waals surface area (Å²) in [6.07, 6.45) is 9.78. The Balaban J connectivity index is 1.28. The predicted octanol–water partition coefficient (Wildman–Crippen LogP) is 3.35. The number of hydrogen-bond donors (Lipinski definition) is 1. The van der Waals surface area contributed by atoms with Crippen LogP contribution in [0, 0.1) is 23.1 Å². The number of aromatic nitrogens is 3. The van der Waals surface area contributed by atoms with Crippen LogP contribution in [0.5, 0.6) is 0 Å². The molecule has 29 heavy (non-hydrogen) atoms. The number of piperidine rings is 1. The molecule has 1 N–H and O–H groups in total. The fourth-order valence-corrected chi connectivity index (χ4v) is 4.89. The summed E-state index contributed by atoms with van der Waals surface area (Å²) in [6, 6.07) is 3.73. The van der Waals surface area contributed by atoms with Gasteiger partial charge < -0.3 is 10.2 Å². The van der Waals surface area contributed by atoms with Crippen molar-refractivity contribution in [3.63, 3.8) is 0 Å². The van der Waals surface area contributed by atoms with Crippen molar-refractivity contribution < 1.29 is 9.18 Å². The molecule has 2 aliphatic rings. The number of halogens is 2. The minimum atomic E-state index is -0.439. The lowest BCUT2D eigenvalue weighted by Crippen LogP contribution is -2.32. The van der Waals surface area contributed by atoms with Gasteiger partial charge >= 0.3 is 0 Å². The summed E-state index contributed by atoms with van der Waals surface area (Å²) in [5.74, 6) is 0.721. The van der Waals surface area contributed by atoms with Crippen LogP contribution in [0.4, 0.5) is 10.2 Å². The largest absolute Gasteiger partial charge is 0.353 e. The molecule has 1 saturated heterocycles. The van der Waals surface area contributed by atoms with Crippen LogP contribution in [0.15, 0.2) is 36.8 Å². The van der Waals surface area contributed by atoms with Gasteiger partial charge in [0.2, 0.25) is 11.2 Å². The molecule has 0 spiro atoms. The van der Waals surface area contributed by atoms with Gasteiger partial charge in [-0.1, -0.05) is 13.0 Å². The van der Waals surface area contributed by atoms with Crippen molar-refractivity contribution in [1.29, 1.82) is 0 Å². The first kappa shape index (κ1) is 19.8. The zero-order valence-corrected chi connectivity index (χ0v) is 16.9. The van der Waals surface area contributed by atoms with E-state index in [1.807, 2.05) is 17.0 Å². The first-order chi connectivity index (χ1) is 14.0. The molecule has 3 atom stereocenters. The number of hydrogen-bond acceptors (Lipinski definition) is 5. The molecule has 2 aromatic heterocycles.